The van der Waals surface area contributed by atoms with Crippen LogP contribution in [0, 0.1) is 11.2 Å². The Morgan fingerprint density at radius 2 is 1.88 bits per heavy atom. The molecule has 0 radical (unpaired) electrons. The second-order valence-corrected chi connectivity index (χ2v) is 11.6. The van der Waals surface area contributed by atoms with E-state index in [1.807, 2.05) is 38.1 Å². The van der Waals surface area contributed by atoms with Gasteiger partial charge in [0.2, 0.25) is 24.0 Å². The van der Waals surface area contributed by atoms with Crippen LogP contribution in [0.5, 0.6) is 0 Å². The van der Waals surface area contributed by atoms with Gasteiger partial charge >= 0.3 is 0 Å². The maximum atomic E-state index is 16.4. The molecule has 11 heteroatoms. The number of fused-ring (bicyclic) bond motifs is 1. The zero-order valence-electron chi connectivity index (χ0n) is 23.7. The summed E-state index contributed by atoms with van der Waals surface area (Å²) in [7, 11) is 0. The fraction of sp³-hybridized carbons (Fsp3) is 0.452. The lowest BCUT2D eigenvalue weighted by molar-refractivity contribution is -0.150. The molecule has 3 aliphatic heterocycles. The number of aromatic nitrogens is 2. The van der Waals surface area contributed by atoms with Crippen LogP contribution in [0.4, 0.5) is 4.39 Å². The Kier molecular flexibility index (Phi) is 7.18. The van der Waals surface area contributed by atoms with Crippen LogP contribution in [0.3, 0.4) is 0 Å². The highest BCUT2D eigenvalue weighted by Crippen LogP contribution is 2.52. The zero-order valence-corrected chi connectivity index (χ0v) is 23.7. The van der Waals surface area contributed by atoms with Crippen molar-refractivity contribution in [2.45, 2.75) is 70.7 Å². The molecule has 2 saturated heterocycles. The number of carbonyl (C=O) groups excluding carboxylic acids is 3. The third-order valence-electron chi connectivity index (χ3n) is 9.62. The number of likely N-dealkylation sites (tertiary alicyclic amines) is 1. The first-order valence-corrected chi connectivity index (χ1v) is 14.5. The minimum Gasteiger partial charge on any atom is -0.384 e. The van der Waals surface area contributed by atoms with Crippen molar-refractivity contribution < 1.29 is 28.4 Å². The summed E-state index contributed by atoms with van der Waals surface area (Å²) >= 11 is 0. The Labute approximate surface area is 242 Å². The lowest BCUT2D eigenvalue weighted by Crippen LogP contribution is -2.57. The van der Waals surface area contributed by atoms with Crippen molar-refractivity contribution in [1.29, 1.82) is 0 Å². The standard InChI is InChI=1S/C31H34FN5O5/c1-3-30(4-2)17-36(15-19-5-7-20(8-6-19)27-33-18-42-35-27)14-13-31(30,41)23-10-9-21-22(26(23)32)16-37(29(21)40)24-11-12-25(38)34-28(24)39/h5-10,18,24,41H,3-4,11-17H2,1-2H3,(H,34,38,39)/t24-,31+/m1/s1. The topological polar surface area (TPSA) is 129 Å². The van der Waals surface area contributed by atoms with Gasteiger partial charge in [0.25, 0.3) is 5.91 Å². The number of piperidine rings is 2. The van der Waals surface area contributed by atoms with Gasteiger partial charge in [-0.2, -0.15) is 4.98 Å². The minimum absolute atomic E-state index is 0.0760. The molecule has 2 atom stereocenters. The molecule has 220 valence electrons. The number of amides is 3. The fourth-order valence-electron chi connectivity index (χ4n) is 7.08. The molecule has 0 bridgehead atoms. The van der Waals surface area contributed by atoms with E-state index in [4.69, 9.17) is 4.52 Å². The Balaban J connectivity index is 1.24. The lowest BCUT2D eigenvalue weighted by Gasteiger charge is -2.54. The van der Waals surface area contributed by atoms with E-state index in [0.717, 1.165) is 11.1 Å². The summed E-state index contributed by atoms with van der Waals surface area (Å²) in [4.78, 5) is 45.0. The predicted octanol–water partition coefficient (Wildman–Crippen LogP) is 3.54. The van der Waals surface area contributed by atoms with Gasteiger partial charge in [-0.25, -0.2) is 4.39 Å². The van der Waals surface area contributed by atoms with Crippen molar-refractivity contribution in [3.8, 4) is 11.4 Å². The SMILES string of the molecule is CCC1(CC)CN(Cc2ccc(-c3ncon3)cc2)CC[C@]1(O)c1ccc2c(c1F)CN([C@@H]1CCC(=O)NC1=O)C2=O. The monoisotopic (exact) mass is 575 g/mol. The predicted molar refractivity (Wildman–Crippen MR) is 149 cm³/mol. The van der Waals surface area contributed by atoms with Crippen LogP contribution >= 0.6 is 0 Å². The summed E-state index contributed by atoms with van der Waals surface area (Å²) in [6.45, 7) is 5.78. The number of carbonyl (C=O) groups is 3. The van der Waals surface area contributed by atoms with Gasteiger partial charge in [0.05, 0.1) is 6.54 Å². The number of nitrogens with one attached hydrogen (secondary N) is 1. The molecule has 2 N–H and O–H groups in total. The zero-order chi connectivity index (χ0) is 29.6. The first kappa shape index (κ1) is 28.2. The molecule has 2 aromatic carbocycles. The summed E-state index contributed by atoms with van der Waals surface area (Å²) in [5.74, 6) is -1.42. The molecule has 1 aromatic heterocycles. The molecule has 0 aliphatic carbocycles. The molecule has 0 spiro atoms. The number of hydrogen-bond acceptors (Lipinski definition) is 8. The molecule has 0 unspecified atom stereocenters. The molecular formula is C31H34FN5O5. The summed E-state index contributed by atoms with van der Waals surface area (Å²) in [5.41, 5.74) is 0.484. The van der Waals surface area contributed by atoms with Gasteiger partial charge in [-0.05, 0) is 37.3 Å². The van der Waals surface area contributed by atoms with Crippen molar-refractivity contribution in [2.75, 3.05) is 13.1 Å². The second kappa shape index (κ2) is 10.7. The largest absolute Gasteiger partial charge is 0.384 e. The van der Waals surface area contributed by atoms with Gasteiger partial charge in [0, 0.05) is 53.7 Å². The molecule has 4 heterocycles. The highest BCUT2D eigenvalue weighted by atomic mass is 19.1. The van der Waals surface area contributed by atoms with Crippen molar-refractivity contribution >= 4 is 17.7 Å². The maximum Gasteiger partial charge on any atom is 0.255 e. The quantitative estimate of drug-likeness (QED) is 0.410. The molecule has 6 rings (SSSR count). The van der Waals surface area contributed by atoms with Gasteiger partial charge in [-0.15, -0.1) is 0 Å². The Morgan fingerprint density at radius 1 is 1.12 bits per heavy atom. The molecule has 3 aliphatic rings. The third-order valence-corrected chi connectivity index (χ3v) is 9.62. The Bertz CT molecular complexity index is 1520. The van der Waals surface area contributed by atoms with E-state index in [2.05, 4.69) is 20.4 Å². The number of aliphatic hydroxyl groups is 1. The summed E-state index contributed by atoms with van der Waals surface area (Å²) in [6, 6.07) is 10.2. The molecule has 10 nitrogen and oxygen atoms in total. The Hall–Kier alpha value is -3.96. The molecule has 0 saturated carbocycles. The molecule has 3 amide bonds. The number of hydrogen-bond donors (Lipinski definition) is 2. The second-order valence-electron chi connectivity index (χ2n) is 11.6. The van der Waals surface area contributed by atoms with E-state index in [0.29, 0.717) is 44.7 Å². The molecule has 2 fully saturated rings. The van der Waals surface area contributed by atoms with Crippen LogP contribution < -0.4 is 5.32 Å². The van der Waals surface area contributed by atoms with Gasteiger partial charge in [-0.3, -0.25) is 24.6 Å². The molecule has 42 heavy (non-hydrogen) atoms. The average Bonchev–Trinajstić information content (AvgIpc) is 3.64. The minimum atomic E-state index is -1.44. The van der Waals surface area contributed by atoms with Crippen LogP contribution in [0.2, 0.25) is 0 Å². The van der Waals surface area contributed by atoms with E-state index in [1.165, 1.54) is 11.3 Å². The molecular weight excluding hydrogens is 541 g/mol. The van der Waals surface area contributed by atoms with Crippen molar-refractivity contribution in [3.05, 3.63) is 70.9 Å². The van der Waals surface area contributed by atoms with E-state index in [-0.39, 0.29) is 42.0 Å². The van der Waals surface area contributed by atoms with E-state index in [1.54, 1.807) is 12.1 Å². The number of halogens is 1. The fourth-order valence-corrected chi connectivity index (χ4v) is 7.08. The van der Waals surface area contributed by atoms with E-state index < -0.39 is 34.7 Å². The maximum absolute atomic E-state index is 16.4. The van der Waals surface area contributed by atoms with Crippen LogP contribution in [-0.4, -0.2) is 61.9 Å². The normalized spacial score (nSPS) is 24.1. The summed E-state index contributed by atoms with van der Waals surface area (Å²) in [5, 5.41) is 18.5. The summed E-state index contributed by atoms with van der Waals surface area (Å²) in [6.07, 6.45) is 3.21. The summed E-state index contributed by atoms with van der Waals surface area (Å²) < 4.78 is 21.2. The Morgan fingerprint density at radius 3 is 2.55 bits per heavy atom. The number of benzene rings is 2. The highest BCUT2D eigenvalue weighted by molar-refractivity contribution is 6.05. The van der Waals surface area contributed by atoms with Crippen LogP contribution in [0.1, 0.15) is 73.0 Å². The van der Waals surface area contributed by atoms with Gasteiger partial charge in [-0.1, -0.05) is 49.3 Å². The first-order valence-electron chi connectivity index (χ1n) is 14.5. The van der Waals surface area contributed by atoms with Crippen molar-refractivity contribution in [3.63, 3.8) is 0 Å². The lowest BCUT2D eigenvalue weighted by atomic mass is 9.61. The first-order chi connectivity index (χ1) is 20.2. The van der Waals surface area contributed by atoms with E-state index in [9.17, 15) is 19.5 Å². The highest BCUT2D eigenvalue weighted by Gasteiger charge is 2.54. The number of imide groups is 1. The van der Waals surface area contributed by atoms with Crippen LogP contribution in [0.15, 0.2) is 47.3 Å². The van der Waals surface area contributed by atoms with Gasteiger partial charge < -0.3 is 14.5 Å². The van der Waals surface area contributed by atoms with Gasteiger partial charge in [0.1, 0.15) is 17.5 Å². The average molecular weight is 576 g/mol. The van der Waals surface area contributed by atoms with Crippen molar-refractivity contribution in [2.24, 2.45) is 5.41 Å². The van der Waals surface area contributed by atoms with Crippen molar-refractivity contribution in [1.82, 2.24) is 25.3 Å². The van der Waals surface area contributed by atoms with E-state index >= 15 is 4.39 Å². The van der Waals surface area contributed by atoms with Crippen LogP contribution in [-0.2, 0) is 28.3 Å². The number of nitrogens with zero attached hydrogens (tertiary/aromatic N) is 4. The van der Waals surface area contributed by atoms with Crippen LogP contribution in [0.25, 0.3) is 11.4 Å². The smallest absolute Gasteiger partial charge is 0.255 e. The molecule has 3 aromatic rings. The van der Waals surface area contributed by atoms with Gasteiger partial charge in [0.15, 0.2) is 0 Å². The number of rotatable bonds is 7. The third kappa shape index (κ3) is 4.51.